The van der Waals surface area contributed by atoms with Crippen LogP contribution in [0.2, 0.25) is 0 Å². The topological polar surface area (TPSA) is 120 Å². The van der Waals surface area contributed by atoms with E-state index in [-0.39, 0.29) is 18.2 Å². The van der Waals surface area contributed by atoms with Gasteiger partial charge in [0, 0.05) is 37.7 Å². The van der Waals surface area contributed by atoms with Crippen LogP contribution in [0.15, 0.2) is 36.4 Å². The third-order valence-corrected chi connectivity index (χ3v) is 7.84. The molecule has 2 aliphatic heterocycles. The van der Waals surface area contributed by atoms with Crippen LogP contribution < -0.4 is 9.46 Å². The third-order valence-electron chi connectivity index (χ3n) is 7.24. The van der Waals surface area contributed by atoms with Crippen LogP contribution in [0.25, 0.3) is 0 Å². The fourth-order valence-electron chi connectivity index (χ4n) is 5.54. The molecule has 0 unspecified atom stereocenters. The van der Waals surface area contributed by atoms with Gasteiger partial charge in [-0.1, -0.05) is 6.07 Å². The lowest BCUT2D eigenvalue weighted by atomic mass is 9.79. The zero-order chi connectivity index (χ0) is 24.1. The number of anilines is 1. The van der Waals surface area contributed by atoms with Crippen molar-refractivity contribution in [2.24, 2.45) is 0 Å². The minimum atomic E-state index is -3.43. The Balaban J connectivity index is 1.28. The van der Waals surface area contributed by atoms with Crippen LogP contribution in [0.3, 0.4) is 0 Å². The van der Waals surface area contributed by atoms with Crippen LogP contribution in [-0.2, 0) is 16.4 Å². The molecule has 34 heavy (non-hydrogen) atoms. The smallest absolute Gasteiger partial charge is 0.229 e. The zero-order valence-electron chi connectivity index (χ0n) is 19.0. The highest BCUT2D eigenvalue weighted by molar-refractivity contribution is 7.92. The summed E-state index contributed by atoms with van der Waals surface area (Å²) >= 11 is 0. The number of aliphatic hydroxyl groups excluding tert-OH is 1. The molecule has 2 aromatic rings. The van der Waals surface area contributed by atoms with Crippen molar-refractivity contribution in [1.29, 1.82) is 5.26 Å². The normalized spacial score (nSPS) is 24.0. The number of nitrogens with zero attached hydrogens (tertiary/aromatic N) is 2. The number of Topliss-reactive ketones (excluding diaryl/α,β-unsaturated/α-hetero) is 1. The number of aliphatic hydroxyl groups is 1. The van der Waals surface area contributed by atoms with Crippen molar-refractivity contribution >= 4 is 21.5 Å². The molecule has 1 aliphatic carbocycles. The highest BCUT2D eigenvalue weighted by Gasteiger charge is 2.45. The lowest BCUT2D eigenvalue weighted by Crippen LogP contribution is -2.54. The fraction of sp³-hybridized carbons (Fsp3) is 0.440. The number of ether oxygens (including phenoxy) is 1. The first-order chi connectivity index (χ1) is 16.2. The van der Waals surface area contributed by atoms with Gasteiger partial charge in [0.15, 0.2) is 5.78 Å². The average molecular weight is 482 g/mol. The van der Waals surface area contributed by atoms with E-state index < -0.39 is 21.7 Å². The van der Waals surface area contributed by atoms with Crippen molar-refractivity contribution in [2.75, 3.05) is 24.1 Å². The van der Waals surface area contributed by atoms with Crippen molar-refractivity contribution < 1.29 is 23.1 Å². The van der Waals surface area contributed by atoms with Gasteiger partial charge in [-0.2, -0.15) is 5.26 Å². The number of fused-ring (bicyclic) bond motifs is 2. The summed E-state index contributed by atoms with van der Waals surface area (Å²) in [6.07, 6.45) is 3.69. The molecule has 2 N–H and O–H groups in total. The molecule has 8 nitrogen and oxygen atoms in total. The number of aryl methyl sites for hydroxylation is 1. The summed E-state index contributed by atoms with van der Waals surface area (Å²) in [4.78, 5) is 15.3. The number of nitriles is 1. The number of carbonyl (C=O) groups excluding carboxylic acids is 1. The third kappa shape index (κ3) is 4.29. The standard InChI is InChI=1S/C25H27N3O5S/c1-34(31,32)27-18-4-7-23-20(13-18)22(29)14-25(33-23)8-10-28(11-9-25)21-6-3-17-12-16(15-26)2-5-19(17)24(21)30/h2,4-5,7,12-13,21,24,27,30H,3,6,8-11,14H2,1H3/t21-,24-/m1/s1. The van der Waals surface area contributed by atoms with E-state index in [4.69, 9.17) is 10.00 Å². The molecule has 2 atom stereocenters. The minimum absolute atomic E-state index is 0.00557. The first-order valence-electron chi connectivity index (χ1n) is 11.5. The maximum atomic E-state index is 13.0. The van der Waals surface area contributed by atoms with E-state index >= 15 is 0 Å². The number of benzene rings is 2. The molecule has 0 bridgehead atoms. The largest absolute Gasteiger partial charge is 0.486 e. The summed E-state index contributed by atoms with van der Waals surface area (Å²) in [5.74, 6) is 0.440. The van der Waals surface area contributed by atoms with Crippen molar-refractivity contribution in [1.82, 2.24) is 4.90 Å². The van der Waals surface area contributed by atoms with Gasteiger partial charge in [0.25, 0.3) is 0 Å². The second-order valence-electron chi connectivity index (χ2n) is 9.58. The van der Waals surface area contributed by atoms with Crippen molar-refractivity contribution in [3.8, 4) is 11.8 Å². The number of likely N-dealkylation sites (tertiary alicyclic amines) is 1. The summed E-state index contributed by atoms with van der Waals surface area (Å²) in [7, 11) is -3.43. The molecule has 1 fully saturated rings. The van der Waals surface area contributed by atoms with E-state index in [1.807, 2.05) is 12.1 Å². The molecule has 0 aromatic heterocycles. The Labute approximate surface area is 199 Å². The SMILES string of the molecule is CS(=O)(=O)Nc1ccc2c(c1)C(=O)CC1(CCN([C@@H]3CCc4cc(C#N)ccc4[C@H]3O)CC1)O2. The molecule has 5 rings (SSSR count). The molecule has 2 aromatic carbocycles. The molecule has 9 heteroatoms. The number of hydrogen-bond donors (Lipinski definition) is 2. The number of piperidine rings is 1. The van der Waals surface area contributed by atoms with Crippen LogP contribution >= 0.6 is 0 Å². The molecule has 1 saturated heterocycles. The first kappa shape index (κ1) is 22.8. The lowest BCUT2D eigenvalue weighted by Gasteiger charge is -2.47. The Morgan fingerprint density at radius 1 is 1.21 bits per heavy atom. The van der Waals surface area contributed by atoms with Crippen LogP contribution in [0.5, 0.6) is 5.75 Å². The van der Waals surface area contributed by atoms with Crippen LogP contribution in [-0.4, -0.2) is 55.2 Å². The number of sulfonamides is 1. The Hall–Kier alpha value is -2.93. The fourth-order valence-corrected chi connectivity index (χ4v) is 6.10. The van der Waals surface area contributed by atoms with Gasteiger partial charge in [-0.25, -0.2) is 8.42 Å². The number of nitrogens with one attached hydrogen (secondary N) is 1. The highest BCUT2D eigenvalue weighted by atomic mass is 32.2. The van der Waals surface area contributed by atoms with Gasteiger partial charge in [-0.05, 0) is 54.3 Å². The van der Waals surface area contributed by atoms with E-state index in [0.717, 1.165) is 30.2 Å². The van der Waals surface area contributed by atoms with Gasteiger partial charge in [0.2, 0.25) is 10.0 Å². The van der Waals surface area contributed by atoms with E-state index in [1.165, 1.54) is 6.07 Å². The molecule has 0 radical (unpaired) electrons. The van der Waals surface area contributed by atoms with Gasteiger partial charge < -0.3 is 9.84 Å². The molecule has 3 aliphatic rings. The van der Waals surface area contributed by atoms with E-state index in [0.29, 0.717) is 48.5 Å². The van der Waals surface area contributed by atoms with Crippen LogP contribution in [0.4, 0.5) is 5.69 Å². The molecule has 0 amide bonds. The zero-order valence-corrected chi connectivity index (χ0v) is 19.8. The molecular formula is C25H27N3O5S. The quantitative estimate of drug-likeness (QED) is 0.692. The number of ketones is 1. The molecule has 2 heterocycles. The van der Waals surface area contributed by atoms with Crippen LogP contribution in [0.1, 0.15) is 58.8 Å². The van der Waals surface area contributed by atoms with E-state index in [9.17, 15) is 18.3 Å². The summed E-state index contributed by atoms with van der Waals surface area (Å²) in [6.45, 7) is 1.42. The number of carbonyl (C=O) groups is 1. The van der Waals surface area contributed by atoms with Gasteiger partial charge >= 0.3 is 0 Å². The molecule has 1 spiro atoms. The summed E-state index contributed by atoms with van der Waals surface area (Å²) in [5.41, 5.74) is 2.72. The Morgan fingerprint density at radius 2 is 1.97 bits per heavy atom. The monoisotopic (exact) mass is 481 g/mol. The first-order valence-corrected chi connectivity index (χ1v) is 13.3. The average Bonchev–Trinajstić information content (AvgIpc) is 2.79. The summed E-state index contributed by atoms with van der Waals surface area (Å²) < 4.78 is 31.8. The van der Waals surface area contributed by atoms with Crippen molar-refractivity contribution in [3.05, 3.63) is 58.7 Å². The van der Waals surface area contributed by atoms with Crippen molar-refractivity contribution in [3.63, 3.8) is 0 Å². The predicted molar refractivity (Wildman–Crippen MR) is 126 cm³/mol. The molecular weight excluding hydrogens is 454 g/mol. The summed E-state index contributed by atoms with van der Waals surface area (Å²) in [5, 5.41) is 20.2. The number of rotatable bonds is 3. The molecule has 0 saturated carbocycles. The highest BCUT2D eigenvalue weighted by Crippen LogP contribution is 2.42. The van der Waals surface area contributed by atoms with Gasteiger partial charge in [0.05, 0.1) is 36.0 Å². The Kier molecular flexibility index (Phi) is 5.63. The van der Waals surface area contributed by atoms with Gasteiger partial charge in [-0.15, -0.1) is 0 Å². The van der Waals surface area contributed by atoms with Crippen LogP contribution in [0, 0.1) is 11.3 Å². The van der Waals surface area contributed by atoms with Crippen molar-refractivity contribution in [2.45, 2.75) is 49.9 Å². The lowest BCUT2D eigenvalue weighted by molar-refractivity contribution is -0.0429. The summed E-state index contributed by atoms with van der Waals surface area (Å²) in [6, 6.07) is 12.4. The maximum absolute atomic E-state index is 13.0. The molecule has 178 valence electrons. The van der Waals surface area contributed by atoms with E-state index in [2.05, 4.69) is 15.7 Å². The predicted octanol–water partition coefficient (Wildman–Crippen LogP) is 2.78. The second-order valence-corrected chi connectivity index (χ2v) is 11.3. The maximum Gasteiger partial charge on any atom is 0.229 e. The van der Waals surface area contributed by atoms with Gasteiger partial charge in [-0.3, -0.25) is 14.4 Å². The van der Waals surface area contributed by atoms with Gasteiger partial charge in [0.1, 0.15) is 11.4 Å². The minimum Gasteiger partial charge on any atom is -0.486 e. The Morgan fingerprint density at radius 3 is 2.68 bits per heavy atom. The second kappa shape index (κ2) is 8.38. The van der Waals surface area contributed by atoms with E-state index in [1.54, 1.807) is 18.2 Å². The number of hydrogen-bond acceptors (Lipinski definition) is 7. The Bertz CT molecular complexity index is 1290.